The summed E-state index contributed by atoms with van der Waals surface area (Å²) in [5.41, 5.74) is 2.28. The normalized spacial score (nSPS) is 9.91. The van der Waals surface area contributed by atoms with E-state index >= 15 is 0 Å². The summed E-state index contributed by atoms with van der Waals surface area (Å²) in [6.45, 7) is 6.49. The zero-order valence-corrected chi connectivity index (χ0v) is 12.5. The number of esters is 2. The minimum absolute atomic E-state index is 0.351. The number of ether oxygens (including phenoxy) is 2. The van der Waals surface area contributed by atoms with Crippen molar-refractivity contribution in [2.24, 2.45) is 0 Å². The summed E-state index contributed by atoms with van der Waals surface area (Å²) in [5, 5.41) is 0. The van der Waals surface area contributed by atoms with Gasteiger partial charge in [-0.15, -0.1) is 0 Å². The third-order valence-electron chi connectivity index (χ3n) is 2.86. The van der Waals surface area contributed by atoms with E-state index in [1.807, 2.05) is 24.3 Å². The lowest BCUT2D eigenvalue weighted by Gasteiger charge is -2.07. The summed E-state index contributed by atoms with van der Waals surface area (Å²) < 4.78 is 10.1. The number of carbonyl (C=O) groups is 2. The number of benzene rings is 2. The topological polar surface area (TPSA) is 52.6 Å². The Morgan fingerprint density at radius 2 is 1.18 bits per heavy atom. The molecule has 0 aliphatic rings. The van der Waals surface area contributed by atoms with Gasteiger partial charge < -0.3 is 9.47 Å². The Kier molecular flexibility index (Phi) is 4.73. The first kappa shape index (κ1) is 15.5. The molecule has 0 N–H and O–H groups in total. The van der Waals surface area contributed by atoms with Crippen LogP contribution in [-0.2, 0) is 9.59 Å². The highest BCUT2D eigenvalue weighted by molar-refractivity contribution is 5.88. The van der Waals surface area contributed by atoms with Crippen LogP contribution in [-0.4, -0.2) is 11.9 Å². The highest BCUT2D eigenvalue weighted by Gasteiger charge is 2.06. The van der Waals surface area contributed by atoms with Crippen molar-refractivity contribution in [3.63, 3.8) is 0 Å². The Hall–Kier alpha value is -2.88. The molecule has 0 saturated carbocycles. The van der Waals surface area contributed by atoms with Crippen molar-refractivity contribution in [2.75, 3.05) is 0 Å². The second kappa shape index (κ2) is 6.72. The minimum Gasteiger partial charge on any atom is -0.427 e. The third kappa shape index (κ3) is 4.06. The fourth-order valence-electron chi connectivity index (χ4n) is 1.79. The van der Waals surface area contributed by atoms with E-state index in [1.54, 1.807) is 31.2 Å². The van der Waals surface area contributed by atoms with Gasteiger partial charge in [-0.25, -0.2) is 4.79 Å². The maximum Gasteiger partial charge on any atom is 0.338 e. The van der Waals surface area contributed by atoms with Gasteiger partial charge in [0.2, 0.25) is 0 Å². The van der Waals surface area contributed by atoms with Gasteiger partial charge in [-0.3, -0.25) is 4.79 Å². The molecule has 0 amide bonds. The molecule has 0 aliphatic heterocycles. The van der Waals surface area contributed by atoms with Gasteiger partial charge in [-0.1, -0.05) is 30.8 Å². The largest absolute Gasteiger partial charge is 0.427 e. The lowest BCUT2D eigenvalue weighted by molar-refractivity contribution is -0.132. The SMILES string of the molecule is C=C(C)C(=O)Oc1ccc(-c2ccc(OC(C)=O)cc2)cc1. The van der Waals surface area contributed by atoms with E-state index in [2.05, 4.69) is 6.58 Å². The average molecular weight is 296 g/mol. The molecule has 0 atom stereocenters. The number of carbonyl (C=O) groups excluding carboxylic acids is 2. The molecule has 0 aromatic heterocycles. The predicted molar refractivity (Wildman–Crippen MR) is 83.6 cm³/mol. The Balaban J connectivity index is 2.11. The van der Waals surface area contributed by atoms with Crippen molar-refractivity contribution in [3.05, 3.63) is 60.7 Å². The molecule has 0 spiro atoms. The molecule has 0 heterocycles. The van der Waals surface area contributed by atoms with E-state index in [4.69, 9.17) is 9.47 Å². The first-order chi connectivity index (χ1) is 10.5. The molecule has 4 nitrogen and oxygen atoms in total. The van der Waals surface area contributed by atoms with Crippen molar-refractivity contribution in [3.8, 4) is 22.6 Å². The van der Waals surface area contributed by atoms with Crippen LogP contribution >= 0.6 is 0 Å². The van der Waals surface area contributed by atoms with Crippen molar-refractivity contribution >= 4 is 11.9 Å². The van der Waals surface area contributed by atoms with Crippen molar-refractivity contribution < 1.29 is 19.1 Å². The smallest absolute Gasteiger partial charge is 0.338 e. The minimum atomic E-state index is -0.446. The molecule has 4 heteroatoms. The Morgan fingerprint density at radius 1 is 0.773 bits per heavy atom. The number of rotatable bonds is 4. The zero-order valence-electron chi connectivity index (χ0n) is 12.5. The molecule has 2 rings (SSSR count). The Bertz CT molecular complexity index is 697. The second-order valence-corrected chi connectivity index (χ2v) is 4.81. The first-order valence-electron chi connectivity index (χ1n) is 6.72. The maximum absolute atomic E-state index is 11.4. The third-order valence-corrected chi connectivity index (χ3v) is 2.86. The van der Waals surface area contributed by atoms with E-state index < -0.39 is 5.97 Å². The Labute approximate surface area is 129 Å². The van der Waals surface area contributed by atoms with Gasteiger partial charge in [0.1, 0.15) is 11.5 Å². The van der Waals surface area contributed by atoms with E-state index in [1.165, 1.54) is 6.92 Å². The fourth-order valence-corrected chi connectivity index (χ4v) is 1.79. The summed E-state index contributed by atoms with van der Waals surface area (Å²) >= 11 is 0. The summed E-state index contributed by atoms with van der Waals surface area (Å²) in [4.78, 5) is 22.3. The predicted octanol–water partition coefficient (Wildman–Crippen LogP) is 3.76. The second-order valence-electron chi connectivity index (χ2n) is 4.81. The van der Waals surface area contributed by atoms with Crippen LogP contribution in [0.3, 0.4) is 0 Å². The van der Waals surface area contributed by atoms with Gasteiger partial charge in [-0.05, 0) is 42.3 Å². The van der Waals surface area contributed by atoms with Crippen LogP contribution in [0.15, 0.2) is 60.7 Å². The molecule has 112 valence electrons. The number of hydrogen-bond donors (Lipinski definition) is 0. The van der Waals surface area contributed by atoms with Crippen molar-refractivity contribution in [2.45, 2.75) is 13.8 Å². The van der Waals surface area contributed by atoms with Gasteiger partial charge >= 0.3 is 11.9 Å². The van der Waals surface area contributed by atoms with Gasteiger partial charge in [0.15, 0.2) is 0 Å². The lowest BCUT2D eigenvalue weighted by atomic mass is 10.1. The lowest BCUT2D eigenvalue weighted by Crippen LogP contribution is -2.07. The molecule has 2 aromatic carbocycles. The molecule has 0 radical (unpaired) electrons. The summed E-state index contributed by atoms with van der Waals surface area (Å²) in [5.74, 6) is 0.173. The van der Waals surface area contributed by atoms with Gasteiger partial charge in [0, 0.05) is 12.5 Å². The van der Waals surface area contributed by atoms with Crippen LogP contribution in [0.5, 0.6) is 11.5 Å². The fraction of sp³-hybridized carbons (Fsp3) is 0.111. The van der Waals surface area contributed by atoms with Gasteiger partial charge in [0.25, 0.3) is 0 Å². The average Bonchev–Trinajstić information content (AvgIpc) is 2.48. The van der Waals surface area contributed by atoms with E-state index in [0.717, 1.165) is 11.1 Å². The van der Waals surface area contributed by atoms with Crippen LogP contribution in [0, 0.1) is 0 Å². The van der Waals surface area contributed by atoms with E-state index in [-0.39, 0.29) is 5.97 Å². The maximum atomic E-state index is 11.4. The van der Waals surface area contributed by atoms with Crippen LogP contribution in [0.1, 0.15) is 13.8 Å². The molecular weight excluding hydrogens is 280 g/mol. The summed E-state index contributed by atoms with van der Waals surface area (Å²) in [6.07, 6.45) is 0. The molecule has 0 aliphatic carbocycles. The molecule has 0 bridgehead atoms. The number of hydrogen-bond acceptors (Lipinski definition) is 4. The van der Waals surface area contributed by atoms with Crippen molar-refractivity contribution in [1.29, 1.82) is 0 Å². The summed E-state index contributed by atoms with van der Waals surface area (Å²) in [6, 6.07) is 14.3. The highest BCUT2D eigenvalue weighted by atomic mass is 16.5. The van der Waals surface area contributed by atoms with Gasteiger partial charge in [0.05, 0.1) is 0 Å². The zero-order chi connectivity index (χ0) is 16.1. The van der Waals surface area contributed by atoms with E-state index in [0.29, 0.717) is 17.1 Å². The quantitative estimate of drug-likeness (QED) is 0.490. The molecular formula is C18H16O4. The highest BCUT2D eigenvalue weighted by Crippen LogP contribution is 2.25. The molecule has 0 unspecified atom stereocenters. The summed E-state index contributed by atoms with van der Waals surface area (Å²) in [7, 11) is 0. The first-order valence-corrected chi connectivity index (χ1v) is 6.72. The molecule has 0 fully saturated rings. The molecule has 0 saturated heterocycles. The standard InChI is InChI=1S/C18H16O4/c1-12(2)18(20)22-17-10-6-15(7-11-17)14-4-8-16(9-5-14)21-13(3)19/h4-11H,1H2,2-3H3. The molecule has 22 heavy (non-hydrogen) atoms. The van der Waals surface area contributed by atoms with Crippen LogP contribution in [0.4, 0.5) is 0 Å². The van der Waals surface area contributed by atoms with E-state index in [9.17, 15) is 9.59 Å². The van der Waals surface area contributed by atoms with Gasteiger partial charge in [-0.2, -0.15) is 0 Å². The van der Waals surface area contributed by atoms with Crippen LogP contribution < -0.4 is 9.47 Å². The van der Waals surface area contributed by atoms with Crippen molar-refractivity contribution in [1.82, 2.24) is 0 Å². The van der Waals surface area contributed by atoms with Crippen LogP contribution in [0.25, 0.3) is 11.1 Å². The van der Waals surface area contributed by atoms with Crippen LogP contribution in [0.2, 0.25) is 0 Å². The monoisotopic (exact) mass is 296 g/mol. The molecule has 2 aromatic rings. The Morgan fingerprint density at radius 3 is 1.55 bits per heavy atom.